The normalized spacial score (nSPS) is 11.1. The van der Waals surface area contributed by atoms with Crippen molar-refractivity contribution < 1.29 is 4.79 Å². The summed E-state index contributed by atoms with van der Waals surface area (Å²) in [5, 5.41) is 17.5. The molecular formula is C15H18N6OS. The van der Waals surface area contributed by atoms with E-state index in [-0.39, 0.29) is 5.91 Å². The van der Waals surface area contributed by atoms with Crippen LogP contribution in [0, 0.1) is 13.8 Å². The van der Waals surface area contributed by atoms with Gasteiger partial charge in [0.15, 0.2) is 5.65 Å². The predicted octanol–water partition coefficient (Wildman–Crippen LogP) is 2.64. The lowest BCUT2D eigenvalue weighted by Gasteiger charge is -2.05. The van der Waals surface area contributed by atoms with Gasteiger partial charge in [0.1, 0.15) is 5.01 Å². The average Bonchev–Trinajstić information content (AvgIpc) is 3.04. The number of carbonyl (C=O) groups is 1. The van der Waals surface area contributed by atoms with Crippen LogP contribution in [0.1, 0.15) is 40.1 Å². The van der Waals surface area contributed by atoms with E-state index in [1.807, 2.05) is 20.9 Å². The van der Waals surface area contributed by atoms with Gasteiger partial charge in [0.05, 0.1) is 16.6 Å². The number of nitrogens with zero attached hydrogens (tertiary/aromatic N) is 5. The van der Waals surface area contributed by atoms with E-state index in [4.69, 9.17) is 0 Å². The minimum atomic E-state index is -0.212. The Labute approximate surface area is 137 Å². The zero-order valence-corrected chi connectivity index (χ0v) is 14.4. The molecule has 0 radical (unpaired) electrons. The van der Waals surface area contributed by atoms with Crippen molar-refractivity contribution in [1.82, 2.24) is 25.0 Å². The first kappa shape index (κ1) is 15.5. The summed E-state index contributed by atoms with van der Waals surface area (Å²) < 4.78 is 1.69. The smallest absolute Gasteiger partial charge is 0.258 e. The molecule has 8 heteroatoms. The van der Waals surface area contributed by atoms with Gasteiger partial charge in [-0.15, -0.1) is 10.2 Å². The Morgan fingerprint density at radius 3 is 2.87 bits per heavy atom. The molecule has 0 saturated heterocycles. The molecule has 1 amide bonds. The van der Waals surface area contributed by atoms with Crippen molar-refractivity contribution in [2.24, 2.45) is 7.05 Å². The van der Waals surface area contributed by atoms with Crippen LogP contribution in [0.2, 0.25) is 0 Å². The number of rotatable bonds is 4. The Hall–Kier alpha value is -2.35. The van der Waals surface area contributed by atoms with E-state index >= 15 is 0 Å². The average molecular weight is 330 g/mol. The molecule has 0 spiro atoms. The zero-order valence-electron chi connectivity index (χ0n) is 13.5. The third-order valence-electron chi connectivity index (χ3n) is 3.49. The molecule has 0 bridgehead atoms. The van der Waals surface area contributed by atoms with Gasteiger partial charge in [-0.2, -0.15) is 5.10 Å². The molecular weight excluding hydrogens is 312 g/mol. The van der Waals surface area contributed by atoms with E-state index in [0.29, 0.717) is 16.3 Å². The lowest BCUT2D eigenvalue weighted by Crippen LogP contribution is -2.13. The van der Waals surface area contributed by atoms with Crippen LogP contribution in [0.3, 0.4) is 0 Å². The Morgan fingerprint density at radius 1 is 1.35 bits per heavy atom. The molecule has 0 saturated carbocycles. The Bertz CT molecular complexity index is 882. The number of carbonyl (C=O) groups excluding carboxylic acids is 1. The topological polar surface area (TPSA) is 85.6 Å². The van der Waals surface area contributed by atoms with E-state index in [0.717, 1.165) is 34.6 Å². The first-order chi connectivity index (χ1) is 11.0. The van der Waals surface area contributed by atoms with Gasteiger partial charge >= 0.3 is 0 Å². The highest BCUT2D eigenvalue weighted by atomic mass is 32.1. The number of aromatic nitrogens is 5. The summed E-state index contributed by atoms with van der Waals surface area (Å²) in [6, 6.07) is 1.78. The SMILES string of the molecule is CCCc1nnc(NC(=O)c2cc(C)nc3c2c(C)nn3C)s1. The summed E-state index contributed by atoms with van der Waals surface area (Å²) in [5.41, 5.74) is 2.82. The van der Waals surface area contributed by atoms with Gasteiger partial charge in [0.25, 0.3) is 5.91 Å². The van der Waals surface area contributed by atoms with Crippen molar-refractivity contribution in [1.29, 1.82) is 0 Å². The minimum Gasteiger partial charge on any atom is -0.296 e. The standard InChI is InChI=1S/C15H18N6OS/c1-5-6-11-18-19-15(23-11)17-14(22)10-7-8(2)16-13-12(10)9(3)20-21(13)4/h7H,5-6H2,1-4H3,(H,17,19,22). The van der Waals surface area contributed by atoms with Crippen LogP contribution in [0.5, 0.6) is 0 Å². The molecule has 23 heavy (non-hydrogen) atoms. The zero-order chi connectivity index (χ0) is 16.6. The van der Waals surface area contributed by atoms with Crippen LogP contribution >= 0.6 is 11.3 Å². The summed E-state index contributed by atoms with van der Waals surface area (Å²) >= 11 is 1.41. The molecule has 3 rings (SSSR count). The molecule has 0 unspecified atom stereocenters. The molecule has 1 N–H and O–H groups in total. The number of amides is 1. The van der Waals surface area contributed by atoms with E-state index in [1.54, 1.807) is 10.7 Å². The molecule has 3 heterocycles. The highest BCUT2D eigenvalue weighted by Crippen LogP contribution is 2.23. The number of hydrogen-bond acceptors (Lipinski definition) is 6. The molecule has 3 aromatic heterocycles. The molecule has 0 aliphatic heterocycles. The third-order valence-corrected chi connectivity index (χ3v) is 4.39. The van der Waals surface area contributed by atoms with E-state index in [2.05, 4.69) is 32.5 Å². The van der Waals surface area contributed by atoms with E-state index < -0.39 is 0 Å². The minimum absolute atomic E-state index is 0.212. The quantitative estimate of drug-likeness (QED) is 0.795. The van der Waals surface area contributed by atoms with E-state index in [1.165, 1.54) is 11.3 Å². The van der Waals surface area contributed by atoms with Gasteiger partial charge in [-0.1, -0.05) is 18.3 Å². The van der Waals surface area contributed by atoms with Crippen LogP contribution < -0.4 is 5.32 Å². The van der Waals surface area contributed by atoms with Crippen molar-refractivity contribution in [3.05, 3.63) is 28.0 Å². The van der Waals surface area contributed by atoms with Crippen LogP contribution in [0.4, 0.5) is 5.13 Å². The first-order valence-corrected chi connectivity index (χ1v) is 8.26. The Morgan fingerprint density at radius 2 is 2.13 bits per heavy atom. The fraction of sp³-hybridized carbons (Fsp3) is 0.400. The summed E-state index contributed by atoms with van der Waals surface area (Å²) in [4.78, 5) is 17.1. The second kappa shape index (κ2) is 6.04. The molecule has 120 valence electrons. The number of fused-ring (bicyclic) bond motifs is 1. The van der Waals surface area contributed by atoms with E-state index in [9.17, 15) is 4.79 Å². The van der Waals surface area contributed by atoms with Crippen molar-refractivity contribution in [2.45, 2.75) is 33.6 Å². The molecule has 0 aliphatic rings. The fourth-order valence-corrected chi connectivity index (χ4v) is 3.37. The summed E-state index contributed by atoms with van der Waals surface area (Å²) in [6.45, 7) is 5.82. The van der Waals surface area contributed by atoms with Gasteiger partial charge in [0.2, 0.25) is 5.13 Å². The van der Waals surface area contributed by atoms with Crippen molar-refractivity contribution in [2.75, 3.05) is 5.32 Å². The van der Waals surface area contributed by atoms with Crippen LogP contribution in [-0.2, 0) is 13.5 Å². The lowest BCUT2D eigenvalue weighted by molar-refractivity contribution is 0.102. The molecule has 0 atom stereocenters. The highest BCUT2D eigenvalue weighted by molar-refractivity contribution is 7.15. The number of anilines is 1. The summed E-state index contributed by atoms with van der Waals surface area (Å²) in [5.74, 6) is -0.212. The van der Waals surface area contributed by atoms with Gasteiger partial charge in [0, 0.05) is 19.2 Å². The van der Waals surface area contributed by atoms with Crippen LogP contribution in [-0.4, -0.2) is 30.9 Å². The summed E-state index contributed by atoms with van der Waals surface area (Å²) in [6.07, 6.45) is 1.87. The molecule has 0 fully saturated rings. The second-order valence-corrected chi connectivity index (χ2v) is 6.49. The van der Waals surface area contributed by atoms with Crippen molar-refractivity contribution in [3.8, 4) is 0 Å². The molecule has 7 nitrogen and oxygen atoms in total. The second-order valence-electron chi connectivity index (χ2n) is 5.42. The van der Waals surface area contributed by atoms with Gasteiger partial charge < -0.3 is 0 Å². The molecule has 0 aromatic carbocycles. The van der Waals surface area contributed by atoms with Crippen LogP contribution in [0.25, 0.3) is 11.0 Å². The van der Waals surface area contributed by atoms with Gasteiger partial charge in [-0.25, -0.2) is 4.98 Å². The number of aryl methyl sites for hydroxylation is 4. The molecule has 0 aliphatic carbocycles. The largest absolute Gasteiger partial charge is 0.296 e. The first-order valence-electron chi connectivity index (χ1n) is 7.44. The van der Waals surface area contributed by atoms with Crippen LogP contribution in [0.15, 0.2) is 6.07 Å². The lowest BCUT2D eigenvalue weighted by atomic mass is 10.1. The summed E-state index contributed by atoms with van der Waals surface area (Å²) in [7, 11) is 1.82. The van der Waals surface area contributed by atoms with Gasteiger partial charge in [-0.3, -0.25) is 14.8 Å². The Balaban J connectivity index is 1.97. The number of nitrogens with one attached hydrogen (secondary N) is 1. The Kier molecular flexibility index (Phi) is 4.08. The van der Waals surface area contributed by atoms with Crippen molar-refractivity contribution in [3.63, 3.8) is 0 Å². The third kappa shape index (κ3) is 2.94. The number of pyridine rings is 1. The molecule has 3 aromatic rings. The van der Waals surface area contributed by atoms with Gasteiger partial charge in [-0.05, 0) is 26.3 Å². The maximum absolute atomic E-state index is 12.7. The highest BCUT2D eigenvalue weighted by Gasteiger charge is 2.19. The maximum Gasteiger partial charge on any atom is 0.258 e. The number of hydrogen-bond donors (Lipinski definition) is 1. The maximum atomic E-state index is 12.7. The van der Waals surface area contributed by atoms with Crippen molar-refractivity contribution >= 4 is 33.4 Å². The monoisotopic (exact) mass is 330 g/mol. The predicted molar refractivity (Wildman–Crippen MR) is 89.8 cm³/mol. The fourth-order valence-electron chi connectivity index (χ4n) is 2.53.